The Bertz CT molecular complexity index is 833. The van der Waals surface area contributed by atoms with E-state index in [2.05, 4.69) is 46.0 Å². The molecule has 0 aliphatic heterocycles. The second kappa shape index (κ2) is 11.3. The summed E-state index contributed by atoms with van der Waals surface area (Å²) in [5, 5.41) is 11.0. The summed E-state index contributed by atoms with van der Waals surface area (Å²) in [5.74, 6) is -0.146. The Kier molecular flexibility index (Phi) is 9.25. The third-order valence-corrected chi connectivity index (χ3v) is 11.5. The van der Waals surface area contributed by atoms with Crippen LogP contribution in [0.5, 0.6) is 0 Å². The van der Waals surface area contributed by atoms with Gasteiger partial charge in [0.15, 0.2) is 8.32 Å². The van der Waals surface area contributed by atoms with E-state index in [0.29, 0.717) is 19.4 Å². The van der Waals surface area contributed by atoms with Crippen LogP contribution < -0.4 is 0 Å². The Morgan fingerprint density at radius 3 is 2.09 bits per heavy atom. The van der Waals surface area contributed by atoms with Gasteiger partial charge in [0.05, 0.1) is 12.1 Å². The van der Waals surface area contributed by atoms with Gasteiger partial charge in [-0.25, -0.2) is 0 Å². The average molecular weight is 456 g/mol. The highest BCUT2D eigenvalue weighted by molar-refractivity contribution is 6.74. The molecule has 0 aliphatic rings. The molecule has 0 saturated heterocycles. The molecule has 176 valence electrons. The normalized spacial score (nSPS) is 15.1. The number of hydrogen-bond acceptors (Lipinski definition) is 3. The summed E-state index contributed by atoms with van der Waals surface area (Å²) in [5.41, 5.74) is 1.96. The van der Waals surface area contributed by atoms with Gasteiger partial charge in [-0.05, 0) is 49.0 Å². The standard InChI is InChI=1S/C27H41NO3Si/c1-21(25(29)23-16-12-9-13-17-23)28(5)26(30)24(20-22-14-10-8-11-15-22)18-19-31-32(6,7)27(2,3)4/h8-17,21,24-25,29H,18-20H2,1-7H3/t21-,24-,25+/m0/s1. The van der Waals surface area contributed by atoms with Crippen LogP contribution in [0.1, 0.15) is 51.3 Å². The molecule has 1 N–H and O–H groups in total. The Labute approximate surface area is 195 Å². The first kappa shape index (κ1) is 26.3. The highest BCUT2D eigenvalue weighted by atomic mass is 28.4. The number of nitrogens with zero attached hydrogens (tertiary/aromatic N) is 1. The maximum atomic E-state index is 13.5. The summed E-state index contributed by atoms with van der Waals surface area (Å²) in [7, 11) is -0.0770. The van der Waals surface area contributed by atoms with Gasteiger partial charge in [0.2, 0.25) is 5.91 Å². The topological polar surface area (TPSA) is 49.8 Å². The van der Waals surface area contributed by atoms with Gasteiger partial charge in [-0.15, -0.1) is 0 Å². The van der Waals surface area contributed by atoms with E-state index in [1.807, 2.05) is 55.5 Å². The van der Waals surface area contributed by atoms with Crippen LogP contribution in [0, 0.1) is 5.92 Å². The zero-order chi connectivity index (χ0) is 23.9. The quantitative estimate of drug-likeness (QED) is 0.458. The number of rotatable bonds is 10. The summed E-state index contributed by atoms with van der Waals surface area (Å²) in [6.45, 7) is 13.6. The maximum Gasteiger partial charge on any atom is 0.226 e. The lowest BCUT2D eigenvalue weighted by Crippen LogP contribution is -2.44. The number of hydrogen-bond donors (Lipinski definition) is 1. The van der Waals surface area contributed by atoms with Gasteiger partial charge in [0, 0.05) is 19.6 Å². The van der Waals surface area contributed by atoms with Crippen molar-refractivity contribution in [3.63, 3.8) is 0 Å². The minimum Gasteiger partial charge on any atom is -0.417 e. The Balaban J connectivity index is 2.13. The second-order valence-electron chi connectivity index (χ2n) is 10.3. The van der Waals surface area contributed by atoms with Crippen molar-refractivity contribution in [1.82, 2.24) is 4.90 Å². The largest absolute Gasteiger partial charge is 0.417 e. The van der Waals surface area contributed by atoms with Crippen LogP contribution in [0.2, 0.25) is 18.1 Å². The fraction of sp³-hybridized carbons (Fsp3) is 0.519. The molecule has 0 spiro atoms. The summed E-state index contributed by atoms with van der Waals surface area (Å²) in [4.78, 5) is 15.3. The lowest BCUT2D eigenvalue weighted by Gasteiger charge is -2.37. The van der Waals surface area contributed by atoms with Crippen LogP contribution in [0.25, 0.3) is 0 Å². The van der Waals surface area contributed by atoms with Crippen molar-refractivity contribution in [3.8, 4) is 0 Å². The van der Waals surface area contributed by atoms with Crippen molar-refractivity contribution in [3.05, 3.63) is 71.8 Å². The van der Waals surface area contributed by atoms with E-state index in [9.17, 15) is 9.90 Å². The molecule has 0 bridgehead atoms. The van der Waals surface area contributed by atoms with Crippen molar-refractivity contribution < 1.29 is 14.3 Å². The van der Waals surface area contributed by atoms with Crippen molar-refractivity contribution in [1.29, 1.82) is 0 Å². The Hall–Kier alpha value is -1.95. The van der Waals surface area contributed by atoms with Crippen LogP contribution in [0.15, 0.2) is 60.7 Å². The van der Waals surface area contributed by atoms with Gasteiger partial charge in [-0.1, -0.05) is 81.4 Å². The number of likely N-dealkylation sites (N-methyl/N-ethyl adjacent to an activating group) is 1. The first-order valence-electron chi connectivity index (χ1n) is 11.6. The minimum absolute atomic E-state index is 0.0511. The van der Waals surface area contributed by atoms with Gasteiger partial charge in [-0.3, -0.25) is 4.79 Å². The van der Waals surface area contributed by atoms with E-state index < -0.39 is 14.4 Å². The first-order valence-corrected chi connectivity index (χ1v) is 14.5. The number of benzene rings is 2. The molecule has 0 fully saturated rings. The summed E-state index contributed by atoms with van der Waals surface area (Å²) >= 11 is 0. The predicted molar refractivity (Wildman–Crippen MR) is 135 cm³/mol. The smallest absolute Gasteiger partial charge is 0.226 e. The minimum atomic E-state index is -1.87. The SMILES string of the molecule is C[C@@H]([C@@H](O)c1ccccc1)N(C)C(=O)[C@@H](CCO[Si](C)(C)C(C)(C)C)Cc1ccccc1. The second-order valence-corrected chi connectivity index (χ2v) is 15.1. The predicted octanol–water partition coefficient (Wildman–Crippen LogP) is 5.84. The molecule has 0 heterocycles. The summed E-state index contributed by atoms with van der Waals surface area (Å²) in [6.07, 6.45) is 0.601. The number of aliphatic hydroxyl groups excluding tert-OH is 1. The third-order valence-electron chi connectivity index (χ3n) is 6.97. The molecule has 0 radical (unpaired) electrons. The molecule has 4 nitrogen and oxygen atoms in total. The van der Waals surface area contributed by atoms with Crippen molar-refractivity contribution in [2.24, 2.45) is 5.92 Å². The molecule has 0 aromatic heterocycles. The van der Waals surface area contributed by atoms with E-state index in [-0.39, 0.29) is 22.9 Å². The number of carbonyl (C=O) groups is 1. The third kappa shape index (κ3) is 7.02. The van der Waals surface area contributed by atoms with Gasteiger partial charge < -0.3 is 14.4 Å². The molecule has 2 aromatic rings. The molecular weight excluding hydrogens is 414 g/mol. The van der Waals surface area contributed by atoms with E-state index in [4.69, 9.17) is 4.43 Å². The molecular formula is C27H41NO3Si. The van der Waals surface area contributed by atoms with Crippen LogP contribution in [-0.4, -0.2) is 43.9 Å². The molecule has 2 rings (SSSR count). The zero-order valence-corrected chi connectivity index (χ0v) is 21.8. The van der Waals surface area contributed by atoms with Gasteiger partial charge in [-0.2, -0.15) is 0 Å². The van der Waals surface area contributed by atoms with Gasteiger partial charge in [0.1, 0.15) is 0 Å². The Morgan fingerprint density at radius 1 is 1.03 bits per heavy atom. The van der Waals surface area contributed by atoms with Crippen LogP contribution >= 0.6 is 0 Å². The average Bonchev–Trinajstić information content (AvgIpc) is 2.76. The molecule has 0 unspecified atom stereocenters. The van der Waals surface area contributed by atoms with Crippen LogP contribution in [-0.2, 0) is 15.6 Å². The van der Waals surface area contributed by atoms with E-state index in [1.54, 1.807) is 11.9 Å². The first-order chi connectivity index (χ1) is 14.9. The lowest BCUT2D eigenvalue weighted by molar-refractivity contribution is -0.138. The molecule has 0 saturated carbocycles. The van der Waals surface area contributed by atoms with Gasteiger partial charge >= 0.3 is 0 Å². The molecule has 5 heteroatoms. The number of amides is 1. The van der Waals surface area contributed by atoms with E-state index >= 15 is 0 Å². The molecule has 1 amide bonds. The fourth-order valence-corrected chi connectivity index (χ4v) is 4.57. The monoisotopic (exact) mass is 455 g/mol. The summed E-state index contributed by atoms with van der Waals surface area (Å²) in [6, 6.07) is 19.3. The molecule has 0 aliphatic carbocycles. The Morgan fingerprint density at radius 2 is 1.56 bits per heavy atom. The van der Waals surface area contributed by atoms with Crippen molar-refractivity contribution in [2.75, 3.05) is 13.7 Å². The fourth-order valence-electron chi connectivity index (χ4n) is 3.51. The zero-order valence-electron chi connectivity index (χ0n) is 20.8. The maximum absolute atomic E-state index is 13.5. The van der Waals surface area contributed by atoms with Crippen molar-refractivity contribution >= 4 is 14.2 Å². The number of carbonyl (C=O) groups excluding carboxylic acids is 1. The van der Waals surface area contributed by atoms with Gasteiger partial charge in [0.25, 0.3) is 0 Å². The van der Waals surface area contributed by atoms with Crippen LogP contribution in [0.4, 0.5) is 0 Å². The summed E-state index contributed by atoms with van der Waals surface area (Å²) < 4.78 is 6.39. The number of aliphatic hydroxyl groups is 1. The highest BCUT2D eigenvalue weighted by Crippen LogP contribution is 2.36. The molecule has 3 atom stereocenters. The van der Waals surface area contributed by atoms with Crippen molar-refractivity contribution in [2.45, 2.75) is 70.8 Å². The molecule has 2 aromatic carbocycles. The molecule has 32 heavy (non-hydrogen) atoms. The van der Waals surface area contributed by atoms with Crippen LogP contribution in [0.3, 0.4) is 0 Å². The highest BCUT2D eigenvalue weighted by Gasteiger charge is 2.37. The lowest BCUT2D eigenvalue weighted by atomic mass is 9.93. The van der Waals surface area contributed by atoms with E-state index in [1.165, 1.54) is 0 Å². The van der Waals surface area contributed by atoms with E-state index in [0.717, 1.165) is 11.1 Å².